The third-order valence-corrected chi connectivity index (χ3v) is 19.9. The molecule has 0 saturated heterocycles. The summed E-state index contributed by atoms with van der Waals surface area (Å²) in [5, 5.41) is 4.74. The Morgan fingerprint density at radius 3 is 1.25 bits per heavy atom. The van der Waals surface area contributed by atoms with E-state index < -0.39 is 16.1 Å². The molecule has 0 saturated carbocycles. The molecular formula is C52H54N2OPtSe2Si2. The number of hydrogen-bond acceptors (Lipinski definition) is 3. The summed E-state index contributed by atoms with van der Waals surface area (Å²) in [6.07, 6.45) is 3.66. The molecule has 4 heterocycles. The van der Waals surface area contributed by atoms with Crippen molar-refractivity contribution >= 4 is 74.8 Å². The molecule has 3 nitrogen and oxygen atoms in total. The Bertz CT molecular complexity index is 2750. The van der Waals surface area contributed by atoms with Gasteiger partial charge in [-0.15, -0.1) is 0 Å². The van der Waals surface area contributed by atoms with Gasteiger partial charge >= 0.3 is 392 Å². The standard InChI is InChI=1S/C52H54N2OSe2Si2.Pt/c1-51(2,3)39-25-37(47-49-35(21-23-53-47)29-45(56-49)33-13-17-43(18-14-33)58(7,8)9)27-41(31-39)55-42-28-38(26-40(32-42)52(4,5)6)48-50-36(22-24-54-48)30-46(57-50)34-15-19-44(20-16-34)59(10,11)12;/h13-26,29-32H,1-12H3;/q-2;+2/i29D,30D;. The van der Waals surface area contributed by atoms with Gasteiger partial charge in [-0.05, 0) is 0 Å². The van der Waals surface area contributed by atoms with Gasteiger partial charge in [0.2, 0.25) is 0 Å². The van der Waals surface area contributed by atoms with Crippen LogP contribution in [0.1, 0.15) is 55.4 Å². The average Bonchev–Trinajstić information content (AvgIpc) is 3.72. The predicted octanol–water partition coefficient (Wildman–Crippen LogP) is 12.6. The minimum absolute atomic E-state index is 0. The van der Waals surface area contributed by atoms with E-state index in [1.54, 1.807) is 0 Å². The Labute approximate surface area is 388 Å². The van der Waals surface area contributed by atoms with E-state index in [-0.39, 0.29) is 60.9 Å². The van der Waals surface area contributed by atoms with Crippen molar-refractivity contribution in [2.24, 2.45) is 0 Å². The first-order valence-corrected chi connectivity index (χ1v) is 30.8. The molecule has 0 aliphatic heterocycles. The summed E-state index contributed by atoms with van der Waals surface area (Å²) in [6.45, 7) is 27.5. The fourth-order valence-electron chi connectivity index (χ4n) is 7.12. The van der Waals surface area contributed by atoms with Crippen LogP contribution in [0.4, 0.5) is 0 Å². The Hall–Kier alpha value is -3.38. The third kappa shape index (κ3) is 9.49. The van der Waals surface area contributed by atoms with E-state index in [2.05, 4.69) is 166 Å². The summed E-state index contributed by atoms with van der Waals surface area (Å²) < 4.78 is 29.9. The third-order valence-electron chi connectivity index (χ3n) is 10.9. The maximum Gasteiger partial charge on any atom is 2.00 e. The van der Waals surface area contributed by atoms with E-state index in [9.17, 15) is 2.74 Å². The number of nitrogens with zero attached hydrogens (tertiary/aromatic N) is 2. The van der Waals surface area contributed by atoms with Crippen LogP contribution < -0.4 is 15.1 Å². The molecule has 8 heteroatoms. The molecule has 0 N–H and O–H groups in total. The molecule has 0 unspecified atom stereocenters. The van der Waals surface area contributed by atoms with Gasteiger partial charge in [-0.3, -0.25) is 0 Å². The van der Waals surface area contributed by atoms with Gasteiger partial charge in [0, 0.05) is 0 Å². The summed E-state index contributed by atoms with van der Waals surface area (Å²) in [5.41, 5.74) is 7.54. The Morgan fingerprint density at radius 2 is 0.917 bits per heavy atom. The van der Waals surface area contributed by atoms with Crippen LogP contribution in [0, 0.1) is 12.1 Å². The Morgan fingerprint density at radius 1 is 0.550 bits per heavy atom. The second-order valence-corrected chi connectivity index (χ2v) is 34.2. The summed E-state index contributed by atoms with van der Waals surface area (Å²) in [5.74, 6) is 1.19. The monoisotopic (exact) mass is 1140 g/mol. The van der Waals surface area contributed by atoms with Crippen LogP contribution in [0.3, 0.4) is 0 Å². The van der Waals surface area contributed by atoms with Crippen molar-refractivity contribution in [1.82, 2.24) is 9.97 Å². The second-order valence-electron chi connectivity index (χ2n) is 19.7. The molecule has 0 spiro atoms. The zero-order valence-electron chi connectivity index (χ0n) is 38.7. The first-order chi connectivity index (χ1) is 28.6. The van der Waals surface area contributed by atoms with Crippen LogP contribution in [0.2, 0.25) is 39.3 Å². The maximum atomic E-state index is 9.30. The molecule has 0 bridgehead atoms. The van der Waals surface area contributed by atoms with Crippen molar-refractivity contribution in [2.45, 2.75) is 91.7 Å². The molecule has 0 aliphatic carbocycles. The fourth-order valence-corrected chi connectivity index (χ4v) is 14.1. The van der Waals surface area contributed by atoms with Crippen LogP contribution in [0.5, 0.6) is 11.5 Å². The molecule has 0 aliphatic rings. The molecule has 8 aromatic rings. The van der Waals surface area contributed by atoms with Crippen molar-refractivity contribution in [3.05, 3.63) is 133 Å². The number of hydrogen-bond donors (Lipinski definition) is 0. The number of fused-ring (bicyclic) bond motifs is 2. The van der Waals surface area contributed by atoms with Crippen molar-refractivity contribution in [2.75, 3.05) is 0 Å². The molecule has 8 rings (SSSR count). The van der Waals surface area contributed by atoms with Crippen molar-refractivity contribution < 1.29 is 28.5 Å². The minimum atomic E-state index is -1.44. The van der Waals surface area contributed by atoms with Gasteiger partial charge in [0.1, 0.15) is 0 Å². The second kappa shape index (κ2) is 16.7. The molecule has 308 valence electrons. The largest absolute Gasteiger partial charge is 2.00 e. The molecule has 0 atom stereocenters. The zero-order valence-corrected chi connectivity index (χ0v) is 44.4. The molecular weight excluding hydrogens is 1080 g/mol. The average molecular weight is 1130 g/mol. The van der Waals surface area contributed by atoms with Crippen LogP contribution in [-0.4, -0.2) is 55.1 Å². The van der Waals surface area contributed by atoms with Gasteiger partial charge in [-0.25, -0.2) is 0 Å². The zero-order chi connectivity index (χ0) is 43.8. The summed E-state index contributed by atoms with van der Waals surface area (Å²) >= 11 is -0.217. The Balaban J connectivity index is 0.00000578. The number of benzene rings is 4. The first-order valence-electron chi connectivity index (χ1n) is 21.4. The summed E-state index contributed by atoms with van der Waals surface area (Å²) in [7, 11) is -2.88. The smallest absolute Gasteiger partial charge is 2.00 e. The Kier molecular flexibility index (Phi) is 11.7. The summed E-state index contributed by atoms with van der Waals surface area (Å²) in [6, 6.07) is 38.9. The van der Waals surface area contributed by atoms with Gasteiger partial charge in [0.15, 0.2) is 0 Å². The van der Waals surface area contributed by atoms with Gasteiger partial charge in [-0.2, -0.15) is 0 Å². The van der Waals surface area contributed by atoms with E-state index >= 15 is 0 Å². The normalized spacial score (nSPS) is 13.0. The number of ether oxygens (including phenoxy) is 1. The van der Waals surface area contributed by atoms with E-state index in [0.717, 1.165) is 72.9 Å². The van der Waals surface area contributed by atoms with Crippen molar-refractivity contribution in [3.63, 3.8) is 0 Å². The van der Waals surface area contributed by atoms with Gasteiger partial charge < -0.3 is 0 Å². The molecule has 0 amide bonds. The van der Waals surface area contributed by atoms with E-state index in [1.807, 2.05) is 24.5 Å². The van der Waals surface area contributed by atoms with E-state index in [1.165, 1.54) is 10.4 Å². The minimum Gasteiger partial charge on any atom is 2.00 e. The summed E-state index contributed by atoms with van der Waals surface area (Å²) in [4.78, 5) is 9.95. The van der Waals surface area contributed by atoms with Crippen LogP contribution in [0.15, 0.2) is 109 Å². The SMILES string of the molecule is [2H]c1c(-c2ccc([Si](C)(C)C)cc2)[se]c2c(-c3[c-]c(Oc4[c-]c(-c5nccc6c([2H])c(-c7ccc([Si](C)(C)C)cc7)[se]c56)cc(C(C)(C)C)c4)cc(C(C)(C)C)c3)nccc12.[Pt+2]. The number of pyridine rings is 2. The van der Waals surface area contributed by atoms with E-state index in [0.29, 0.717) is 23.6 Å². The predicted molar refractivity (Wildman–Crippen MR) is 260 cm³/mol. The van der Waals surface area contributed by atoms with Gasteiger partial charge in [0.25, 0.3) is 0 Å². The molecule has 0 radical (unpaired) electrons. The van der Waals surface area contributed by atoms with Crippen molar-refractivity contribution in [3.8, 4) is 54.0 Å². The fraction of sp³-hybridized carbons (Fsp3) is 0.269. The van der Waals surface area contributed by atoms with Crippen LogP contribution >= 0.6 is 0 Å². The first kappa shape index (κ1) is 41.9. The van der Waals surface area contributed by atoms with Gasteiger partial charge in [-0.1, -0.05) is 0 Å². The number of rotatable bonds is 8. The number of aromatic nitrogens is 2. The molecule has 4 aromatic heterocycles. The van der Waals surface area contributed by atoms with Crippen LogP contribution in [-0.2, 0) is 31.9 Å². The molecule has 0 fully saturated rings. The van der Waals surface area contributed by atoms with Crippen molar-refractivity contribution in [1.29, 1.82) is 0 Å². The molecule has 4 aromatic carbocycles. The van der Waals surface area contributed by atoms with Crippen LogP contribution in [0.25, 0.3) is 61.8 Å². The van der Waals surface area contributed by atoms with Gasteiger partial charge in [0.05, 0.1) is 0 Å². The van der Waals surface area contributed by atoms with E-state index in [4.69, 9.17) is 14.7 Å². The topological polar surface area (TPSA) is 35.0 Å². The molecule has 60 heavy (non-hydrogen) atoms. The maximum absolute atomic E-state index is 9.30. The quantitative estimate of drug-likeness (QED) is 0.112.